The van der Waals surface area contributed by atoms with Gasteiger partial charge in [-0.3, -0.25) is 0 Å². The number of nitrogens with zero attached hydrogens (tertiary/aromatic N) is 3. The van der Waals surface area contributed by atoms with Gasteiger partial charge in [-0.1, -0.05) is 146 Å². The van der Waals surface area contributed by atoms with Crippen molar-refractivity contribution in [2.45, 2.75) is 0 Å². The highest BCUT2D eigenvalue weighted by molar-refractivity contribution is 6.11. The van der Waals surface area contributed by atoms with Gasteiger partial charge in [-0.15, -0.1) is 0 Å². The van der Waals surface area contributed by atoms with E-state index in [1.165, 1.54) is 21.9 Å². The molecule has 0 aliphatic heterocycles. The third-order valence-corrected chi connectivity index (χ3v) is 11.0. The van der Waals surface area contributed by atoms with Gasteiger partial charge in [0.15, 0.2) is 5.58 Å². The molecule has 0 atom stereocenters. The highest BCUT2D eigenvalue weighted by Crippen LogP contribution is 2.44. The molecule has 2 aromatic heterocycles. The number of aromatic nitrogens is 2. The number of fused-ring (bicyclic) bond motifs is 6. The van der Waals surface area contributed by atoms with Crippen LogP contribution in [-0.4, -0.2) is 9.55 Å². The van der Waals surface area contributed by atoms with Crippen LogP contribution >= 0.6 is 0 Å². The summed E-state index contributed by atoms with van der Waals surface area (Å²) in [7, 11) is 0. The molecule has 0 saturated carbocycles. The van der Waals surface area contributed by atoms with E-state index in [1.54, 1.807) is 0 Å². The SMILES string of the molecule is c1ccc(-c2nc3ccc4c(-c5ccc(N(c6ccc7c8ccccc8n(-c8ccccc8)c7c6)c6ccccc6-c6ccccc6)cc5)cccc4c3o2)cc1. The summed E-state index contributed by atoms with van der Waals surface area (Å²) < 4.78 is 8.80. The normalized spacial score (nSPS) is 11.5. The molecular formula is C53H35N3O. The molecule has 0 spiro atoms. The van der Waals surface area contributed by atoms with Gasteiger partial charge in [-0.2, -0.15) is 0 Å². The second-order valence-electron chi connectivity index (χ2n) is 14.4. The van der Waals surface area contributed by atoms with E-state index < -0.39 is 0 Å². The van der Waals surface area contributed by atoms with Gasteiger partial charge in [0.25, 0.3) is 0 Å². The molecule has 0 aliphatic rings. The Morgan fingerprint density at radius 1 is 0.404 bits per heavy atom. The van der Waals surface area contributed by atoms with Crippen molar-refractivity contribution in [3.05, 3.63) is 212 Å². The molecule has 4 heteroatoms. The Morgan fingerprint density at radius 2 is 1.00 bits per heavy atom. The third-order valence-electron chi connectivity index (χ3n) is 11.0. The van der Waals surface area contributed by atoms with Crippen molar-refractivity contribution in [3.8, 4) is 39.4 Å². The number of hydrogen-bond acceptors (Lipinski definition) is 3. The lowest BCUT2D eigenvalue weighted by molar-refractivity contribution is 0.623. The monoisotopic (exact) mass is 729 g/mol. The summed E-state index contributed by atoms with van der Waals surface area (Å²) >= 11 is 0. The van der Waals surface area contributed by atoms with Crippen molar-refractivity contribution in [3.63, 3.8) is 0 Å². The molecule has 11 aromatic rings. The molecule has 11 rings (SSSR count). The number of rotatable bonds is 7. The minimum atomic E-state index is 0.631. The summed E-state index contributed by atoms with van der Waals surface area (Å²) in [5.74, 6) is 0.631. The summed E-state index contributed by atoms with van der Waals surface area (Å²) in [4.78, 5) is 7.23. The van der Waals surface area contributed by atoms with E-state index in [2.05, 4.69) is 191 Å². The van der Waals surface area contributed by atoms with Crippen LogP contribution in [0.5, 0.6) is 0 Å². The van der Waals surface area contributed by atoms with E-state index >= 15 is 0 Å². The molecule has 0 fully saturated rings. The van der Waals surface area contributed by atoms with Crippen molar-refractivity contribution >= 4 is 60.7 Å². The Morgan fingerprint density at radius 3 is 1.81 bits per heavy atom. The molecule has 57 heavy (non-hydrogen) atoms. The van der Waals surface area contributed by atoms with E-state index in [-0.39, 0.29) is 0 Å². The maximum Gasteiger partial charge on any atom is 0.227 e. The predicted octanol–water partition coefficient (Wildman–Crippen LogP) is 14.5. The summed E-state index contributed by atoms with van der Waals surface area (Å²) in [6.07, 6.45) is 0. The van der Waals surface area contributed by atoms with Crippen molar-refractivity contribution < 1.29 is 4.42 Å². The molecule has 2 heterocycles. The fourth-order valence-corrected chi connectivity index (χ4v) is 8.40. The van der Waals surface area contributed by atoms with Crippen molar-refractivity contribution in [2.75, 3.05) is 4.90 Å². The van der Waals surface area contributed by atoms with Crippen molar-refractivity contribution in [2.24, 2.45) is 0 Å². The Hall–Kier alpha value is -7.69. The van der Waals surface area contributed by atoms with Crippen LogP contribution in [0.15, 0.2) is 217 Å². The first-order chi connectivity index (χ1) is 28.3. The van der Waals surface area contributed by atoms with E-state index in [1.807, 2.05) is 30.3 Å². The number of oxazole rings is 1. The summed E-state index contributed by atoms with van der Waals surface area (Å²) in [5, 5.41) is 4.62. The average molecular weight is 730 g/mol. The summed E-state index contributed by atoms with van der Waals surface area (Å²) in [6.45, 7) is 0. The highest BCUT2D eigenvalue weighted by Gasteiger charge is 2.21. The van der Waals surface area contributed by atoms with Gasteiger partial charge < -0.3 is 13.9 Å². The highest BCUT2D eigenvalue weighted by atomic mass is 16.3. The van der Waals surface area contributed by atoms with Crippen molar-refractivity contribution in [1.82, 2.24) is 9.55 Å². The smallest absolute Gasteiger partial charge is 0.227 e. The van der Waals surface area contributed by atoms with Gasteiger partial charge in [-0.05, 0) is 88.8 Å². The lowest BCUT2D eigenvalue weighted by atomic mass is 9.97. The molecule has 0 amide bonds. The van der Waals surface area contributed by atoms with Gasteiger partial charge in [0, 0.05) is 44.3 Å². The number of para-hydroxylation sites is 3. The third kappa shape index (κ3) is 5.58. The van der Waals surface area contributed by atoms with E-state index in [9.17, 15) is 0 Å². The molecule has 0 saturated heterocycles. The molecule has 0 bridgehead atoms. The molecule has 268 valence electrons. The Labute approximate surface area is 330 Å². The number of hydrogen-bond donors (Lipinski definition) is 0. The predicted molar refractivity (Wildman–Crippen MR) is 237 cm³/mol. The van der Waals surface area contributed by atoms with E-state index in [4.69, 9.17) is 9.40 Å². The van der Waals surface area contributed by atoms with E-state index in [0.29, 0.717) is 5.89 Å². The lowest BCUT2D eigenvalue weighted by Crippen LogP contribution is -2.11. The van der Waals surface area contributed by atoms with Crippen LogP contribution in [0.3, 0.4) is 0 Å². The topological polar surface area (TPSA) is 34.2 Å². The second-order valence-corrected chi connectivity index (χ2v) is 14.4. The summed E-state index contributed by atoms with van der Waals surface area (Å²) in [6, 6.07) is 75.3. The molecule has 0 aliphatic carbocycles. The fraction of sp³-hybridized carbons (Fsp3) is 0. The maximum absolute atomic E-state index is 6.42. The molecule has 0 unspecified atom stereocenters. The van der Waals surface area contributed by atoms with Crippen LogP contribution in [0.1, 0.15) is 0 Å². The Balaban J connectivity index is 1.07. The maximum atomic E-state index is 6.42. The lowest BCUT2D eigenvalue weighted by Gasteiger charge is -2.28. The van der Waals surface area contributed by atoms with Crippen LogP contribution in [0.2, 0.25) is 0 Å². The zero-order chi connectivity index (χ0) is 37.7. The van der Waals surface area contributed by atoms with Crippen LogP contribution < -0.4 is 4.90 Å². The van der Waals surface area contributed by atoms with Crippen LogP contribution in [0.4, 0.5) is 17.1 Å². The fourth-order valence-electron chi connectivity index (χ4n) is 8.40. The first-order valence-corrected chi connectivity index (χ1v) is 19.3. The van der Waals surface area contributed by atoms with Gasteiger partial charge in [0.1, 0.15) is 5.52 Å². The quantitative estimate of drug-likeness (QED) is 0.164. The van der Waals surface area contributed by atoms with Crippen LogP contribution in [-0.2, 0) is 0 Å². The molecule has 4 nitrogen and oxygen atoms in total. The Kier molecular flexibility index (Phi) is 7.78. The molecular weight excluding hydrogens is 695 g/mol. The summed E-state index contributed by atoms with van der Waals surface area (Å²) in [5.41, 5.74) is 13.9. The average Bonchev–Trinajstić information content (AvgIpc) is 3.88. The number of benzene rings is 9. The largest absolute Gasteiger partial charge is 0.435 e. The van der Waals surface area contributed by atoms with Gasteiger partial charge in [0.05, 0.1) is 16.7 Å². The van der Waals surface area contributed by atoms with Gasteiger partial charge in [0.2, 0.25) is 5.89 Å². The molecule has 0 N–H and O–H groups in total. The van der Waals surface area contributed by atoms with Gasteiger partial charge in [-0.25, -0.2) is 4.98 Å². The van der Waals surface area contributed by atoms with Crippen molar-refractivity contribution in [1.29, 1.82) is 0 Å². The molecule has 0 radical (unpaired) electrons. The standard InChI is InChI=1S/C53H35N3O/c1-4-15-36(16-5-1)43-21-10-12-25-49(43)55(41-31-32-46-45-22-11-13-26-50(45)56(51(46)35-41)39-19-8-3-9-20-39)40-29-27-37(28-30-40)42-23-14-24-47-44(42)33-34-48-52(47)57-53(54-48)38-17-6-2-7-18-38/h1-35H. The minimum absolute atomic E-state index is 0.631. The minimum Gasteiger partial charge on any atom is -0.435 e. The van der Waals surface area contributed by atoms with Gasteiger partial charge >= 0.3 is 0 Å². The first-order valence-electron chi connectivity index (χ1n) is 19.3. The van der Waals surface area contributed by atoms with Crippen LogP contribution in [0.25, 0.3) is 83.1 Å². The second kappa shape index (κ2) is 13.6. The van der Waals surface area contributed by atoms with Crippen LogP contribution in [0, 0.1) is 0 Å². The zero-order valence-electron chi connectivity index (χ0n) is 31.0. The molecule has 9 aromatic carbocycles. The zero-order valence-corrected chi connectivity index (χ0v) is 31.0. The van der Waals surface area contributed by atoms with E-state index in [0.717, 1.165) is 72.4 Å². The first kappa shape index (κ1) is 32.7. The number of anilines is 3. The Bertz CT molecular complexity index is 3220.